The summed E-state index contributed by atoms with van der Waals surface area (Å²) in [6.07, 6.45) is 0. The third kappa shape index (κ3) is 5.59. The SMILES string of the molecule is CC(=O)Nc1ccc(Cl)cc1NC(=O)c1cccc(S(=O)(=O)Nc2ccccc2F)c1. The van der Waals surface area contributed by atoms with Crippen molar-refractivity contribution in [2.45, 2.75) is 11.8 Å². The van der Waals surface area contributed by atoms with Crippen molar-refractivity contribution < 1.29 is 22.4 Å². The highest BCUT2D eigenvalue weighted by Gasteiger charge is 2.19. The summed E-state index contributed by atoms with van der Waals surface area (Å²) >= 11 is 5.98. The van der Waals surface area contributed by atoms with E-state index in [1.807, 2.05) is 0 Å². The van der Waals surface area contributed by atoms with Crippen LogP contribution in [0.5, 0.6) is 0 Å². The topological polar surface area (TPSA) is 104 Å². The molecule has 0 atom stereocenters. The Morgan fingerprint density at radius 2 is 1.61 bits per heavy atom. The predicted octanol–water partition coefficient (Wildman–Crippen LogP) is 4.49. The van der Waals surface area contributed by atoms with E-state index in [0.29, 0.717) is 10.7 Å². The summed E-state index contributed by atoms with van der Waals surface area (Å²) in [5.74, 6) is -1.70. The number of carbonyl (C=O) groups excluding carboxylic acids is 2. The number of carbonyl (C=O) groups is 2. The smallest absolute Gasteiger partial charge is 0.262 e. The van der Waals surface area contributed by atoms with Gasteiger partial charge in [-0.05, 0) is 48.5 Å². The maximum atomic E-state index is 13.8. The number of hydrogen-bond donors (Lipinski definition) is 3. The van der Waals surface area contributed by atoms with Crippen molar-refractivity contribution in [2.24, 2.45) is 0 Å². The van der Waals surface area contributed by atoms with Gasteiger partial charge < -0.3 is 10.6 Å². The van der Waals surface area contributed by atoms with Crippen molar-refractivity contribution in [1.82, 2.24) is 0 Å². The molecule has 3 aromatic rings. The Labute approximate surface area is 183 Å². The maximum absolute atomic E-state index is 13.8. The molecule has 3 aromatic carbocycles. The summed E-state index contributed by atoms with van der Waals surface area (Å²) in [4.78, 5) is 23.9. The Hall–Kier alpha value is -3.43. The first kappa shape index (κ1) is 22.3. The van der Waals surface area contributed by atoms with Crippen LogP contribution in [-0.2, 0) is 14.8 Å². The highest BCUT2D eigenvalue weighted by molar-refractivity contribution is 7.92. The second-order valence-electron chi connectivity index (χ2n) is 6.44. The molecule has 0 fully saturated rings. The Balaban J connectivity index is 1.87. The zero-order valence-electron chi connectivity index (χ0n) is 16.1. The van der Waals surface area contributed by atoms with Gasteiger partial charge in [-0.3, -0.25) is 14.3 Å². The fourth-order valence-electron chi connectivity index (χ4n) is 2.67. The number of sulfonamides is 1. The first-order valence-electron chi connectivity index (χ1n) is 8.91. The van der Waals surface area contributed by atoms with Crippen LogP contribution in [0.1, 0.15) is 17.3 Å². The maximum Gasteiger partial charge on any atom is 0.262 e. The van der Waals surface area contributed by atoms with E-state index in [0.717, 1.165) is 12.1 Å². The number of amides is 2. The molecule has 0 aliphatic carbocycles. The highest BCUT2D eigenvalue weighted by Crippen LogP contribution is 2.27. The van der Waals surface area contributed by atoms with Gasteiger partial charge in [0.25, 0.3) is 15.9 Å². The molecule has 0 aromatic heterocycles. The van der Waals surface area contributed by atoms with Crippen LogP contribution < -0.4 is 15.4 Å². The summed E-state index contributed by atoms with van der Waals surface area (Å²) in [5, 5.41) is 5.50. The molecule has 3 rings (SSSR count). The number of para-hydroxylation sites is 1. The van der Waals surface area contributed by atoms with Crippen LogP contribution in [0.2, 0.25) is 5.02 Å². The van der Waals surface area contributed by atoms with Crippen LogP contribution >= 0.6 is 11.6 Å². The van der Waals surface area contributed by atoms with Crippen molar-refractivity contribution >= 4 is 50.5 Å². The number of rotatable bonds is 6. The van der Waals surface area contributed by atoms with Gasteiger partial charge in [0.1, 0.15) is 5.82 Å². The molecule has 0 bridgehead atoms. The number of nitrogens with one attached hydrogen (secondary N) is 3. The molecule has 2 amide bonds. The Morgan fingerprint density at radius 1 is 0.871 bits per heavy atom. The van der Waals surface area contributed by atoms with Crippen LogP contribution in [0.4, 0.5) is 21.5 Å². The minimum Gasteiger partial charge on any atom is -0.325 e. The van der Waals surface area contributed by atoms with Gasteiger partial charge in [0.15, 0.2) is 0 Å². The van der Waals surface area contributed by atoms with Crippen LogP contribution in [0.15, 0.2) is 71.6 Å². The van der Waals surface area contributed by atoms with Gasteiger partial charge in [0, 0.05) is 17.5 Å². The molecule has 0 spiro atoms. The normalized spacial score (nSPS) is 10.9. The third-order valence-electron chi connectivity index (χ3n) is 4.07. The molecule has 7 nitrogen and oxygen atoms in total. The number of halogens is 2. The minimum absolute atomic E-state index is 0.0326. The van der Waals surface area contributed by atoms with E-state index in [1.165, 1.54) is 55.5 Å². The fraction of sp³-hybridized carbons (Fsp3) is 0.0476. The van der Waals surface area contributed by atoms with Crippen LogP contribution in [0.25, 0.3) is 0 Å². The average molecular weight is 462 g/mol. The first-order valence-corrected chi connectivity index (χ1v) is 10.8. The van der Waals surface area contributed by atoms with Crippen LogP contribution in [-0.4, -0.2) is 20.2 Å². The van der Waals surface area contributed by atoms with Crippen molar-refractivity contribution in [1.29, 1.82) is 0 Å². The summed E-state index contributed by atoms with van der Waals surface area (Å²) < 4.78 is 41.2. The fourth-order valence-corrected chi connectivity index (χ4v) is 3.95. The molecule has 160 valence electrons. The molecule has 3 N–H and O–H groups in total. The second-order valence-corrected chi connectivity index (χ2v) is 8.56. The van der Waals surface area contributed by atoms with Gasteiger partial charge in [-0.1, -0.05) is 29.8 Å². The van der Waals surface area contributed by atoms with E-state index in [2.05, 4.69) is 15.4 Å². The lowest BCUT2D eigenvalue weighted by Crippen LogP contribution is -2.17. The minimum atomic E-state index is -4.14. The molecule has 0 aliphatic heterocycles. The van der Waals surface area contributed by atoms with E-state index in [1.54, 1.807) is 6.07 Å². The van der Waals surface area contributed by atoms with Crippen molar-refractivity contribution in [3.8, 4) is 0 Å². The van der Waals surface area contributed by atoms with Gasteiger partial charge in [-0.25, -0.2) is 12.8 Å². The number of anilines is 3. The van der Waals surface area contributed by atoms with E-state index in [4.69, 9.17) is 11.6 Å². The van der Waals surface area contributed by atoms with Gasteiger partial charge in [0.2, 0.25) is 5.91 Å². The predicted molar refractivity (Wildman–Crippen MR) is 117 cm³/mol. The van der Waals surface area contributed by atoms with Crippen molar-refractivity contribution in [2.75, 3.05) is 15.4 Å². The lowest BCUT2D eigenvalue weighted by Gasteiger charge is -2.13. The molecule has 31 heavy (non-hydrogen) atoms. The van der Waals surface area contributed by atoms with Gasteiger partial charge in [-0.2, -0.15) is 0 Å². The molecule has 0 radical (unpaired) electrons. The Morgan fingerprint density at radius 3 is 2.32 bits per heavy atom. The zero-order chi connectivity index (χ0) is 22.6. The molecule has 0 saturated heterocycles. The van der Waals surface area contributed by atoms with Crippen LogP contribution in [0.3, 0.4) is 0 Å². The highest BCUT2D eigenvalue weighted by atomic mass is 35.5. The zero-order valence-corrected chi connectivity index (χ0v) is 17.7. The quantitative estimate of drug-likeness (QED) is 0.503. The summed E-state index contributed by atoms with van der Waals surface area (Å²) in [6.45, 7) is 1.32. The first-order chi connectivity index (χ1) is 14.7. The second kappa shape index (κ2) is 9.15. The monoisotopic (exact) mass is 461 g/mol. The van der Waals surface area contributed by atoms with E-state index in [9.17, 15) is 22.4 Å². The standard InChI is InChI=1S/C21H17ClFN3O4S/c1-13(27)24-19-10-9-15(22)12-20(19)25-21(28)14-5-4-6-16(11-14)31(29,30)26-18-8-3-2-7-17(18)23/h2-12,26H,1H3,(H,24,27)(H,25,28). The Bertz CT molecular complexity index is 1260. The summed E-state index contributed by atoms with van der Waals surface area (Å²) in [5.41, 5.74) is 0.391. The molecule has 10 heteroatoms. The van der Waals surface area contributed by atoms with E-state index in [-0.39, 0.29) is 27.7 Å². The molecular weight excluding hydrogens is 445 g/mol. The van der Waals surface area contributed by atoms with E-state index >= 15 is 0 Å². The third-order valence-corrected chi connectivity index (χ3v) is 5.66. The molecule has 0 saturated carbocycles. The van der Waals surface area contributed by atoms with Crippen molar-refractivity contribution in [3.05, 3.63) is 83.1 Å². The largest absolute Gasteiger partial charge is 0.325 e. The van der Waals surface area contributed by atoms with Crippen LogP contribution in [0, 0.1) is 5.82 Å². The molecule has 0 aliphatic rings. The van der Waals surface area contributed by atoms with E-state index < -0.39 is 21.7 Å². The van der Waals surface area contributed by atoms with Gasteiger partial charge in [-0.15, -0.1) is 0 Å². The number of benzene rings is 3. The molecule has 0 unspecified atom stereocenters. The Kier molecular flexibility index (Phi) is 6.57. The van der Waals surface area contributed by atoms with Crippen molar-refractivity contribution in [3.63, 3.8) is 0 Å². The lowest BCUT2D eigenvalue weighted by molar-refractivity contribution is -0.114. The van der Waals surface area contributed by atoms with Gasteiger partial charge >= 0.3 is 0 Å². The summed E-state index contributed by atoms with van der Waals surface area (Å²) in [6, 6.07) is 15.1. The van der Waals surface area contributed by atoms with Gasteiger partial charge in [0.05, 0.1) is 22.0 Å². The molecule has 0 heterocycles. The average Bonchev–Trinajstić information content (AvgIpc) is 2.71. The number of hydrogen-bond acceptors (Lipinski definition) is 4. The lowest BCUT2D eigenvalue weighted by atomic mass is 10.2. The summed E-state index contributed by atoms with van der Waals surface area (Å²) in [7, 11) is -4.14. The molecular formula is C21H17ClFN3O4S.